The first-order valence-corrected chi connectivity index (χ1v) is 2.93. The van der Waals surface area contributed by atoms with Gasteiger partial charge in [0.2, 0.25) is 0 Å². The molecule has 0 saturated heterocycles. The molecule has 0 aromatic heterocycles. The number of hydrogen-bond donors (Lipinski definition) is 0. The van der Waals surface area contributed by atoms with Crippen molar-refractivity contribution in [3.05, 3.63) is 11.6 Å². The van der Waals surface area contributed by atoms with E-state index in [1.54, 1.807) is 6.08 Å². The van der Waals surface area contributed by atoms with E-state index in [9.17, 15) is 9.59 Å². The van der Waals surface area contributed by atoms with Gasteiger partial charge in [-0.3, -0.25) is 4.79 Å². The van der Waals surface area contributed by atoms with Crippen molar-refractivity contribution in [3.8, 4) is 0 Å². The van der Waals surface area contributed by atoms with E-state index in [-0.39, 0.29) is 0 Å². The molecule has 0 fully saturated rings. The molecule has 0 heterocycles. The first kappa shape index (κ1) is 8.08. The Morgan fingerprint density at radius 3 is 2.44 bits per heavy atom. The van der Waals surface area contributed by atoms with Crippen LogP contribution in [0.2, 0.25) is 0 Å². The Balaban J connectivity index is 3.74. The highest BCUT2D eigenvalue weighted by Crippen LogP contribution is 1.95. The molecule has 0 atom stereocenters. The van der Waals surface area contributed by atoms with Gasteiger partial charge in [-0.15, -0.1) is 0 Å². The monoisotopic (exact) mass is 126 g/mol. The molecule has 0 saturated carbocycles. The number of carbonyl (C=O) groups is 2. The van der Waals surface area contributed by atoms with Crippen molar-refractivity contribution in [2.45, 2.75) is 19.8 Å². The Labute approximate surface area is 54.6 Å². The van der Waals surface area contributed by atoms with Gasteiger partial charge >= 0.3 is 0 Å². The lowest BCUT2D eigenvalue weighted by atomic mass is 10.2. The van der Waals surface area contributed by atoms with E-state index in [1.165, 1.54) is 0 Å². The number of rotatable bonds is 4. The van der Waals surface area contributed by atoms with Crippen molar-refractivity contribution in [2.75, 3.05) is 0 Å². The van der Waals surface area contributed by atoms with Gasteiger partial charge in [0.1, 0.15) is 12.6 Å². The van der Waals surface area contributed by atoms with E-state index in [4.69, 9.17) is 0 Å². The molecule has 50 valence electrons. The fourth-order valence-electron chi connectivity index (χ4n) is 0.475. The van der Waals surface area contributed by atoms with E-state index in [2.05, 4.69) is 0 Å². The van der Waals surface area contributed by atoms with Crippen molar-refractivity contribution in [3.63, 3.8) is 0 Å². The minimum atomic E-state index is 0.349. The van der Waals surface area contributed by atoms with Gasteiger partial charge in [-0.2, -0.15) is 0 Å². The summed E-state index contributed by atoms with van der Waals surface area (Å²) in [5, 5.41) is 0. The highest BCUT2D eigenvalue weighted by Gasteiger charge is 1.86. The van der Waals surface area contributed by atoms with E-state index < -0.39 is 0 Å². The molecule has 0 radical (unpaired) electrons. The third-order valence-electron chi connectivity index (χ3n) is 1.04. The van der Waals surface area contributed by atoms with Gasteiger partial charge < -0.3 is 4.79 Å². The number of aldehydes is 2. The van der Waals surface area contributed by atoms with E-state index >= 15 is 0 Å². The van der Waals surface area contributed by atoms with E-state index in [0.717, 1.165) is 12.6 Å². The SMILES string of the molecule is CC/C(C=O)=C/CC=O. The van der Waals surface area contributed by atoms with Crippen molar-refractivity contribution < 1.29 is 9.59 Å². The summed E-state index contributed by atoms with van der Waals surface area (Å²) >= 11 is 0. The minimum Gasteiger partial charge on any atom is -0.303 e. The molecule has 0 spiro atoms. The second-order valence-electron chi connectivity index (χ2n) is 1.65. The average molecular weight is 126 g/mol. The zero-order chi connectivity index (χ0) is 7.11. The second-order valence-corrected chi connectivity index (χ2v) is 1.65. The van der Waals surface area contributed by atoms with Crippen LogP contribution in [0.5, 0.6) is 0 Å². The fourth-order valence-corrected chi connectivity index (χ4v) is 0.475. The normalized spacial score (nSPS) is 11.0. The predicted molar refractivity (Wildman–Crippen MR) is 35.1 cm³/mol. The van der Waals surface area contributed by atoms with Gasteiger partial charge in [0.15, 0.2) is 0 Å². The van der Waals surface area contributed by atoms with Crippen LogP contribution in [0.15, 0.2) is 11.6 Å². The third-order valence-corrected chi connectivity index (χ3v) is 1.04. The minimum absolute atomic E-state index is 0.349. The molecule has 0 N–H and O–H groups in total. The molecule has 0 rings (SSSR count). The summed E-state index contributed by atoms with van der Waals surface area (Å²) in [7, 11) is 0. The summed E-state index contributed by atoms with van der Waals surface area (Å²) in [6.45, 7) is 1.88. The van der Waals surface area contributed by atoms with E-state index in [1.807, 2.05) is 6.92 Å². The Morgan fingerprint density at radius 1 is 1.44 bits per heavy atom. The van der Waals surface area contributed by atoms with Gasteiger partial charge in [0.05, 0.1) is 0 Å². The molecular weight excluding hydrogens is 116 g/mol. The van der Waals surface area contributed by atoms with Crippen LogP contribution in [0.25, 0.3) is 0 Å². The van der Waals surface area contributed by atoms with Gasteiger partial charge in [0.25, 0.3) is 0 Å². The Hall–Kier alpha value is -0.920. The highest BCUT2D eigenvalue weighted by molar-refractivity contribution is 5.73. The first-order chi connectivity index (χ1) is 4.35. The standard InChI is InChI=1S/C7H10O2/c1-2-7(6-9)4-3-5-8/h4-6H,2-3H2,1H3/b7-4-. The highest BCUT2D eigenvalue weighted by atomic mass is 16.1. The lowest BCUT2D eigenvalue weighted by Crippen LogP contribution is -1.81. The maximum absolute atomic E-state index is 10.1. The molecule has 2 nitrogen and oxygen atoms in total. The van der Waals surface area contributed by atoms with Crippen LogP contribution in [0.3, 0.4) is 0 Å². The van der Waals surface area contributed by atoms with Gasteiger partial charge in [0, 0.05) is 6.42 Å². The third kappa shape index (κ3) is 3.64. The first-order valence-electron chi connectivity index (χ1n) is 2.93. The Kier molecular flexibility index (Phi) is 4.69. The smallest absolute Gasteiger partial charge is 0.145 e. The number of allylic oxidation sites excluding steroid dienone is 2. The van der Waals surface area contributed by atoms with Gasteiger partial charge in [-0.1, -0.05) is 13.0 Å². The second kappa shape index (κ2) is 5.22. The lowest BCUT2D eigenvalue weighted by molar-refractivity contribution is -0.107. The molecule has 9 heavy (non-hydrogen) atoms. The predicted octanol–water partition coefficient (Wildman–Crippen LogP) is 1.11. The number of carbonyl (C=O) groups excluding carboxylic acids is 2. The Morgan fingerprint density at radius 2 is 2.11 bits per heavy atom. The van der Waals surface area contributed by atoms with Crippen LogP contribution in [0.1, 0.15) is 19.8 Å². The zero-order valence-corrected chi connectivity index (χ0v) is 5.46. The van der Waals surface area contributed by atoms with Gasteiger partial charge in [-0.25, -0.2) is 0 Å². The summed E-state index contributed by atoms with van der Waals surface area (Å²) in [6, 6.07) is 0. The van der Waals surface area contributed by atoms with Gasteiger partial charge in [-0.05, 0) is 12.0 Å². The molecule has 0 bridgehead atoms. The molecule has 0 aromatic carbocycles. The lowest BCUT2D eigenvalue weighted by Gasteiger charge is -1.87. The number of hydrogen-bond acceptors (Lipinski definition) is 2. The van der Waals surface area contributed by atoms with Crippen LogP contribution in [0, 0.1) is 0 Å². The summed E-state index contributed by atoms with van der Waals surface area (Å²) in [5.41, 5.74) is 0.696. The maximum atomic E-state index is 10.1. The van der Waals surface area contributed by atoms with Crippen LogP contribution in [-0.2, 0) is 9.59 Å². The van der Waals surface area contributed by atoms with E-state index in [0.29, 0.717) is 18.4 Å². The molecule has 2 heteroatoms. The fraction of sp³-hybridized carbons (Fsp3) is 0.429. The molecule has 0 amide bonds. The summed E-state index contributed by atoms with van der Waals surface area (Å²) in [4.78, 5) is 19.8. The largest absolute Gasteiger partial charge is 0.303 e. The summed E-state index contributed by atoms with van der Waals surface area (Å²) in [5.74, 6) is 0. The van der Waals surface area contributed by atoms with Crippen LogP contribution >= 0.6 is 0 Å². The zero-order valence-electron chi connectivity index (χ0n) is 5.46. The Bertz CT molecular complexity index is 125. The van der Waals surface area contributed by atoms with Crippen molar-refractivity contribution >= 4 is 12.6 Å². The van der Waals surface area contributed by atoms with Crippen molar-refractivity contribution in [1.29, 1.82) is 0 Å². The molecule has 0 aliphatic rings. The quantitative estimate of drug-likeness (QED) is 0.417. The summed E-state index contributed by atoms with van der Waals surface area (Å²) < 4.78 is 0. The van der Waals surface area contributed by atoms with Crippen LogP contribution < -0.4 is 0 Å². The molecule has 0 unspecified atom stereocenters. The molecule has 0 aromatic rings. The molecular formula is C7H10O2. The van der Waals surface area contributed by atoms with Crippen molar-refractivity contribution in [1.82, 2.24) is 0 Å². The molecule has 0 aliphatic heterocycles. The average Bonchev–Trinajstić information content (AvgIpc) is 1.91. The maximum Gasteiger partial charge on any atom is 0.145 e. The summed E-state index contributed by atoms with van der Waals surface area (Å²) in [6.07, 6.45) is 4.25. The van der Waals surface area contributed by atoms with Crippen molar-refractivity contribution in [2.24, 2.45) is 0 Å². The van der Waals surface area contributed by atoms with Crippen LogP contribution in [-0.4, -0.2) is 12.6 Å². The van der Waals surface area contributed by atoms with Crippen LogP contribution in [0.4, 0.5) is 0 Å². The topological polar surface area (TPSA) is 34.1 Å². The molecule has 0 aliphatic carbocycles.